The molecular formula is C66H94N8O18S2. The Bertz CT molecular complexity index is 2980. The normalized spacial score (nSPS) is 18.4. The molecule has 518 valence electrons. The standard InChI is InChI=1S/C66H94N8O18S2/c75-61(67-23-33-85-37-41-89-43-39-87-35-25-69-93(81,82)55-19-15-53(16-20-55)91-65-57-13-5-3-11-51(57)45-59(65)73-27-7-1-8-28-73)47-71(49-63(77)78)31-32-72(50-64(79)80)48-62(76)68-24-34-86-38-42-90-44-40-88-36-26-70-94(83,84)56-21-17-54(18-22-56)92-66-58-14-6-4-12-52(58)46-60(66)74-29-9-2-10-30-74/h3-6,11-22,59-60,65-66,69-70H,1-2,7-10,23-50H2,(H,67,75)(H,68,76)(H,77,78)(H,79,80)/t59-,60-,65-,66-/m0/s1. The summed E-state index contributed by atoms with van der Waals surface area (Å²) in [6.07, 6.45) is 8.80. The molecule has 4 aromatic carbocycles. The number of rotatable bonds is 45. The Morgan fingerprint density at radius 3 is 1.11 bits per heavy atom. The van der Waals surface area contributed by atoms with Crippen LogP contribution in [0.15, 0.2) is 107 Å². The number of benzene rings is 4. The summed E-state index contributed by atoms with van der Waals surface area (Å²) in [7, 11) is -7.57. The van der Waals surface area contributed by atoms with Crippen LogP contribution in [0.25, 0.3) is 0 Å². The predicted molar refractivity (Wildman–Crippen MR) is 348 cm³/mol. The Labute approximate surface area is 552 Å². The van der Waals surface area contributed by atoms with Gasteiger partial charge >= 0.3 is 11.9 Å². The summed E-state index contributed by atoms with van der Waals surface area (Å²) in [6.45, 7) is 5.32. The summed E-state index contributed by atoms with van der Waals surface area (Å²) in [5, 5.41) is 24.3. The van der Waals surface area contributed by atoms with Crippen molar-refractivity contribution in [1.82, 2.24) is 39.7 Å². The van der Waals surface area contributed by atoms with E-state index in [1.165, 1.54) is 70.6 Å². The average Bonchev–Trinajstić information content (AvgIpc) is 1.64. The fraction of sp³-hybridized carbons (Fsp3) is 0.576. The number of likely N-dealkylation sites (tertiary alicyclic amines) is 2. The lowest BCUT2D eigenvalue weighted by Gasteiger charge is -2.35. The van der Waals surface area contributed by atoms with Gasteiger partial charge in [-0.25, -0.2) is 26.3 Å². The second-order valence-electron chi connectivity index (χ2n) is 23.5. The number of carboxylic acid groups (broad SMARTS) is 2. The summed E-state index contributed by atoms with van der Waals surface area (Å²) >= 11 is 0. The molecule has 2 fully saturated rings. The number of carbonyl (C=O) groups excluding carboxylic acids is 2. The molecular weight excluding hydrogens is 1260 g/mol. The average molecular weight is 1350 g/mol. The van der Waals surface area contributed by atoms with E-state index in [0.29, 0.717) is 11.5 Å². The van der Waals surface area contributed by atoms with Gasteiger partial charge in [0.2, 0.25) is 31.9 Å². The van der Waals surface area contributed by atoms with Crippen molar-refractivity contribution in [3.63, 3.8) is 0 Å². The molecule has 4 atom stereocenters. The van der Waals surface area contributed by atoms with Gasteiger partial charge in [-0.1, -0.05) is 61.4 Å². The first kappa shape index (κ1) is 73.6. The zero-order valence-electron chi connectivity index (χ0n) is 53.6. The third-order valence-corrected chi connectivity index (χ3v) is 19.6. The first-order valence-corrected chi connectivity index (χ1v) is 35.6. The van der Waals surface area contributed by atoms with Crippen LogP contribution >= 0.6 is 0 Å². The lowest BCUT2D eigenvalue weighted by Crippen LogP contribution is -2.47. The van der Waals surface area contributed by atoms with Crippen molar-refractivity contribution < 1.29 is 84.1 Å². The van der Waals surface area contributed by atoms with Crippen LogP contribution in [0.2, 0.25) is 0 Å². The van der Waals surface area contributed by atoms with Crippen LogP contribution in [0.5, 0.6) is 11.5 Å². The molecule has 4 aromatic rings. The van der Waals surface area contributed by atoms with Gasteiger partial charge < -0.3 is 58.7 Å². The van der Waals surface area contributed by atoms with Gasteiger partial charge in [0.15, 0.2) is 0 Å². The molecule has 2 saturated heterocycles. The van der Waals surface area contributed by atoms with Crippen LogP contribution < -0.4 is 29.6 Å². The molecule has 94 heavy (non-hydrogen) atoms. The molecule has 0 saturated carbocycles. The maximum atomic E-state index is 13.0. The zero-order chi connectivity index (χ0) is 66.4. The van der Waals surface area contributed by atoms with Crippen molar-refractivity contribution in [2.75, 3.05) is 171 Å². The molecule has 8 rings (SSSR count). The summed E-state index contributed by atoms with van der Waals surface area (Å²) in [6, 6.07) is 30.2. The monoisotopic (exact) mass is 1350 g/mol. The molecule has 26 nitrogen and oxygen atoms in total. The number of nitrogens with zero attached hydrogens (tertiary/aromatic N) is 4. The summed E-state index contributed by atoms with van der Waals surface area (Å²) in [4.78, 5) is 56.7. The minimum atomic E-state index is -3.78. The lowest BCUT2D eigenvalue weighted by molar-refractivity contribution is -0.141. The third-order valence-electron chi connectivity index (χ3n) is 16.7. The number of hydrogen-bond donors (Lipinski definition) is 6. The van der Waals surface area contributed by atoms with Crippen LogP contribution in [0.4, 0.5) is 0 Å². The van der Waals surface area contributed by atoms with Gasteiger partial charge in [0.1, 0.15) is 23.7 Å². The molecule has 2 aliphatic carbocycles. The van der Waals surface area contributed by atoms with Crippen molar-refractivity contribution in [1.29, 1.82) is 0 Å². The maximum absolute atomic E-state index is 13.0. The SMILES string of the molecule is O=C(O)CN(CCN(CC(=O)O)CC(=O)NCCOCCOCCOCCNS(=O)(=O)c1ccc(O[C@H]2c3ccccc3C[C@@H]2N2CCCCC2)cc1)CC(=O)NCCOCCOCCOCCNS(=O)(=O)c1ccc(O[C@H]2c3ccccc3C[C@@H]2N2CCCCC2)cc1. The predicted octanol–water partition coefficient (Wildman–Crippen LogP) is 3.11. The minimum Gasteiger partial charge on any atom is -0.484 e. The van der Waals surface area contributed by atoms with E-state index in [9.17, 15) is 46.2 Å². The smallest absolute Gasteiger partial charge is 0.317 e. The summed E-state index contributed by atoms with van der Waals surface area (Å²) in [5.41, 5.74) is 4.94. The topological polar surface area (TPSA) is 312 Å². The molecule has 0 aromatic heterocycles. The van der Waals surface area contributed by atoms with Crippen molar-refractivity contribution in [3.8, 4) is 11.5 Å². The van der Waals surface area contributed by atoms with Crippen LogP contribution in [0, 0.1) is 0 Å². The van der Waals surface area contributed by atoms with E-state index in [1.807, 2.05) is 12.1 Å². The number of hydrogen-bond acceptors (Lipinski definition) is 20. The van der Waals surface area contributed by atoms with E-state index >= 15 is 0 Å². The second kappa shape index (κ2) is 39.1. The minimum absolute atomic E-state index is 0.0242. The molecule has 4 aliphatic rings. The molecule has 6 N–H and O–H groups in total. The van der Waals surface area contributed by atoms with Crippen molar-refractivity contribution in [2.24, 2.45) is 0 Å². The molecule has 0 bridgehead atoms. The molecule has 28 heteroatoms. The Morgan fingerprint density at radius 2 is 0.755 bits per heavy atom. The number of carbonyl (C=O) groups is 4. The summed E-state index contributed by atoms with van der Waals surface area (Å²) in [5.74, 6) is -2.13. The highest BCUT2D eigenvalue weighted by atomic mass is 32.2. The molecule has 0 spiro atoms. The van der Waals surface area contributed by atoms with E-state index in [1.54, 1.807) is 48.5 Å². The molecule has 2 heterocycles. The highest BCUT2D eigenvalue weighted by molar-refractivity contribution is 7.89. The maximum Gasteiger partial charge on any atom is 0.317 e. The Kier molecular flexibility index (Phi) is 30.6. The first-order chi connectivity index (χ1) is 45.6. The Balaban J connectivity index is 0.596. The second-order valence-corrected chi connectivity index (χ2v) is 27.1. The van der Waals surface area contributed by atoms with Gasteiger partial charge in [0.25, 0.3) is 0 Å². The van der Waals surface area contributed by atoms with Gasteiger partial charge in [-0.05, 0) is 135 Å². The van der Waals surface area contributed by atoms with Crippen LogP contribution in [-0.4, -0.2) is 253 Å². The summed E-state index contributed by atoms with van der Waals surface area (Å²) < 4.78 is 104. The number of aliphatic carboxylic acids is 2. The third kappa shape index (κ3) is 24.5. The molecule has 2 amide bonds. The fourth-order valence-corrected chi connectivity index (χ4v) is 14.1. The van der Waals surface area contributed by atoms with Gasteiger partial charge in [-0.3, -0.25) is 38.8 Å². The van der Waals surface area contributed by atoms with Gasteiger partial charge in [-0.2, -0.15) is 0 Å². The van der Waals surface area contributed by atoms with E-state index in [-0.39, 0.29) is 166 Å². The molecule has 0 radical (unpaired) electrons. The molecule has 0 unspecified atom stereocenters. The highest BCUT2D eigenvalue weighted by Gasteiger charge is 2.40. The number of amides is 2. The van der Waals surface area contributed by atoms with Crippen LogP contribution in [0.3, 0.4) is 0 Å². The van der Waals surface area contributed by atoms with Crippen molar-refractivity contribution >= 4 is 43.8 Å². The van der Waals surface area contributed by atoms with Crippen LogP contribution in [0.1, 0.15) is 73.0 Å². The Hall–Kier alpha value is -6.22. The van der Waals surface area contributed by atoms with E-state index in [4.69, 9.17) is 37.9 Å². The lowest BCUT2D eigenvalue weighted by atomic mass is 10.0. The number of carboxylic acids is 2. The van der Waals surface area contributed by atoms with Gasteiger partial charge in [0.05, 0.1) is 127 Å². The fourth-order valence-electron chi connectivity index (χ4n) is 12.1. The molecule has 2 aliphatic heterocycles. The zero-order valence-corrected chi connectivity index (χ0v) is 55.3. The van der Waals surface area contributed by atoms with Crippen molar-refractivity contribution in [3.05, 3.63) is 119 Å². The quantitative estimate of drug-likeness (QED) is 0.0346. The number of nitrogens with one attached hydrogen (secondary N) is 4. The number of fused-ring (bicyclic) bond motifs is 2. The van der Waals surface area contributed by atoms with Gasteiger partial charge in [-0.15, -0.1) is 0 Å². The van der Waals surface area contributed by atoms with Crippen LogP contribution in [-0.2, 0) is 80.5 Å². The van der Waals surface area contributed by atoms with E-state index in [0.717, 1.165) is 39.0 Å². The first-order valence-electron chi connectivity index (χ1n) is 32.7. The van der Waals surface area contributed by atoms with Crippen molar-refractivity contribution in [2.45, 2.75) is 85.4 Å². The highest BCUT2D eigenvalue weighted by Crippen LogP contribution is 2.41. The Morgan fingerprint density at radius 1 is 0.426 bits per heavy atom. The van der Waals surface area contributed by atoms with Gasteiger partial charge in [0, 0.05) is 39.3 Å². The number of sulfonamides is 2. The largest absolute Gasteiger partial charge is 0.484 e. The number of piperidine rings is 2. The van der Waals surface area contributed by atoms with E-state index < -0.39 is 56.9 Å². The number of ether oxygens (including phenoxy) is 8. The van der Waals surface area contributed by atoms with E-state index in [2.05, 4.69) is 66.3 Å².